The van der Waals surface area contributed by atoms with Crippen LogP contribution >= 0.6 is 0 Å². The number of hydrogen-bond acceptors (Lipinski definition) is 8. The molecule has 3 aliphatic heterocycles. The average molecular weight is 444 g/mol. The maximum Gasteiger partial charge on any atom is 0.225 e. The van der Waals surface area contributed by atoms with Crippen molar-refractivity contribution in [1.29, 1.82) is 0 Å². The summed E-state index contributed by atoms with van der Waals surface area (Å²) in [5, 5.41) is 40.7. The van der Waals surface area contributed by atoms with E-state index < -0.39 is 36.8 Å². The molecule has 0 amide bonds. The Labute approximate surface area is 185 Å². The maximum atomic E-state index is 10.7. The van der Waals surface area contributed by atoms with Crippen LogP contribution in [0.2, 0.25) is 0 Å². The molecule has 0 radical (unpaired) electrons. The van der Waals surface area contributed by atoms with Gasteiger partial charge in [-0.05, 0) is 41.3 Å². The quantitative estimate of drug-likeness (QED) is 0.530. The molecule has 1 unspecified atom stereocenters. The minimum atomic E-state index is -1.63. The Kier molecular flexibility index (Phi) is 5.94. The van der Waals surface area contributed by atoms with Crippen molar-refractivity contribution in [2.75, 3.05) is 19.8 Å². The van der Waals surface area contributed by atoms with E-state index >= 15 is 0 Å². The van der Waals surface area contributed by atoms with E-state index in [2.05, 4.69) is 0 Å². The van der Waals surface area contributed by atoms with Crippen LogP contribution < -0.4 is 4.74 Å². The van der Waals surface area contributed by atoms with Crippen LogP contribution in [0.5, 0.6) is 5.75 Å². The zero-order chi connectivity index (χ0) is 22.3. The third-order valence-electron chi connectivity index (χ3n) is 6.46. The van der Waals surface area contributed by atoms with Gasteiger partial charge in [-0.25, -0.2) is 0 Å². The Morgan fingerprint density at radius 2 is 1.78 bits per heavy atom. The van der Waals surface area contributed by atoms with E-state index in [9.17, 15) is 20.4 Å². The van der Waals surface area contributed by atoms with Gasteiger partial charge >= 0.3 is 0 Å². The van der Waals surface area contributed by atoms with E-state index in [0.29, 0.717) is 18.6 Å². The van der Waals surface area contributed by atoms with Gasteiger partial charge in [0.05, 0.1) is 26.4 Å². The van der Waals surface area contributed by atoms with Gasteiger partial charge in [0.2, 0.25) is 5.79 Å². The van der Waals surface area contributed by atoms with Gasteiger partial charge in [-0.1, -0.05) is 24.3 Å². The summed E-state index contributed by atoms with van der Waals surface area (Å²) in [6.07, 6.45) is -3.83. The second-order valence-electron chi connectivity index (χ2n) is 8.64. The van der Waals surface area contributed by atoms with Crippen LogP contribution in [0.4, 0.5) is 0 Å². The summed E-state index contributed by atoms with van der Waals surface area (Å²) >= 11 is 0. The van der Waals surface area contributed by atoms with Gasteiger partial charge in [-0.15, -0.1) is 0 Å². The van der Waals surface area contributed by atoms with Gasteiger partial charge in [0.25, 0.3) is 0 Å². The van der Waals surface area contributed by atoms with E-state index in [4.69, 9.17) is 18.9 Å². The van der Waals surface area contributed by atoms with Gasteiger partial charge < -0.3 is 39.4 Å². The monoisotopic (exact) mass is 444 g/mol. The van der Waals surface area contributed by atoms with Gasteiger partial charge in [0, 0.05) is 12.0 Å². The standard InChI is InChI=1S/C24H28O8/c25-11-20-21(26)22(27)23(28)24(32-20)19-10-15(1-4-16(19)12-30-24)9-14-2-5-17(6-3-14)31-18-7-8-29-13-18/h1-6,10,18,20-23,25-28H,7-9,11-13H2/t18?,20-,21-,22+,23-,24+/m1/s1. The van der Waals surface area contributed by atoms with Crippen molar-refractivity contribution in [2.24, 2.45) is 0 Å². The molecule has 8 heteroatoms. The molecular weight excluding hydrogens is 416 g/mol. The van der Waals surface area contributed by atoms with Gasteiger partial charge in [0.1, 0.15) is 36.3 Å². The summed E-state index contributed by atoms with van der Waals surface area (Å²) in [5.41, 5.74) is 3.49. The highest BCUT2D eigenvalue weighted by Gasteiger charge is 2.58. The zero-order valence-electron chi connectivity index (χ0n) is 17.6. The first-order chi connectivity index (χ1) is 15.5. The average Bonchev–Trinajstić information content (AvgIpc) is 3.45. The second-order valence-corrected chi connectivity index (χ2v) is 8.64. The lowest BCUT2D eigenvalue weighted by Gasteiger charge is -2.46. The third kappa shape index (κ3) is 3.82. The fraction of sp³-hybridized carbons (Fsp3) is 0.500. The highest BCUT2D eigenvalue weighted by Crippen LogP contribution is 2.46. The first kappa shape index (κ1) is 21.8. The minimum Gasteiger partial charge on any atom is -0.488 e. The number of hydrogen-bond donors (Lipinski definition) is 4. The second kappa shape index (κ2) is 8.72. The Morgan fingerprint density at radius 3 is 2.50 bits per heavy atom. The fourth-order valence-electron chi connectivity index (χ4n) is 4.65. The van der Waals surface area contributed by atoms with Crippen LogP contribution in [0.1, 0.15) is 28.7 Å². The number of ether oxygens (including phenoxy) is 4. The fourth-order valence-corrected chi connectivity index (χ4v) is 4.65. The van der Waals surface area contributed by atoms with E-state index in [1.807, 2.05) is 42.5 Å². The highest BCUT2D eigenvalue weighted by molar-refractivity contribution is 5.41. The molecule has 0 saturated carbocycles. The molecule has 3 heterocycles. The molecule has 4 N–H and O–H groups in total. The van der Waals surface area contributed by atoms with Crippen molar-refractivity contribution in [2.45, 2.75) is 55.8 Å². The molecule has 3 aliphatic rings. The first-order valence-electron chi connectivity index (χ1n) is 10.9. The van der Waals surface area contributed by atoms with E-state index in [1.165, 1.54) is 0 Å². The summed E-state index contributed by atoms with van der Waals surface area (Å²) in [6.45, 7) is 1.05. The van der Waals surface area contributed by atoms with Crippen LogP contribution in [0.25, 0.3) is 0 Å². The van der Waals surface area contributed by atoms with Crippen molar-refractivity contribution in [3.8, 4) is 5.75 Å². The van der Waals surface area contributed by atoms with Crippen LogP contribution in [-0.4, -0.2) is 70.8 Å². The molecular formula is C24H28O8. The predicted octanol–water partition coefficient (Wildman–Crippen LogP) is 0.602. The first-order valence-corrected chi connectivity index (χ1v) is 10.9. The molecule has 8 nitrogen and oxygen atoms in total. The maximum absolute atomic E-state index is 10.7. The Balaban J connectivity index is 1.36. The molecule has 6 atom stereocenters. The van der Waals surface area contributed by atoms with Crippen LogP contribution in [0, 0.1) is 0 Å². The zero-order valence-corrected chi connectivity index (χ0v) is 17.6. The predicted molar refractivity (Wildman–Crippen MR) is 112 cm³/mol. The molecule has 0 bridgehead atoms. The lowest BCUT2D eigenvalue weighted by atomic mass is 9.86. The molecule has 5 rings (SSSR count). The number of aliphatic hydroxyl groups excluding tert-OH is 4. The van der Waals surface area contributed by atoms with E-state index in [-0.39, 0.29) is 12.7 Å². The molecule has 2 saturated heterocycles. The van der Waals surface area contributed by atoms with Gasteiger partial charge in [0.15, 0.2) is 0 Å². The van der Waals surface area contributed by atoms with Crippen LogP contribution in [0.3, 0.4) is 0 Å². The Morgan fingerprint density at radius 1 is 1.00 bits per heavy atom. The van der Waals surface area contributed by atoms with Crippen LogP contribution in [0.15, 0.2) is 42.5 Å². The summed E-state index contributed by atoms with van der Waals surface area (Å²) in [7, 11) is 0. The van der Waals surface area contributed by atoms with Crippen molar-refractivity contribution >= 4 is 0 Å². The molecule has 0 aliphatic carbocycles. The third-order valence-corrected chi connectivity index (χ3v) is 6.46. The number of rotatable bonds is 5. The van der Waals surface area contributed by atoms with Crippen LogP contribution in [-0.2, 0) is 33.0 Å². The van der Waals surface area contributed by atoms with Gasteiger partial charge in [-0.2, -0.15) is 0 Å². The molecule has 0 aromatic heterocycles. The highest BCUT2D eigenvalue weighted by atomic mass is 16.7. The normalized spacial score (nSPS) is 34.1. The smallest absolute Gasteiger partial charge is 0.225 e. The molecule has 2 fully saturated rings. The van der Waals surface area contributed by atoms with Crippen molar-refractivity contribution in [3.05, 3.63) is 64.7 Å². The Hall–Kier alpha value is -2.04. The van der Waals surface area contributed by atoms with Gasteiger partial charge in [-0.3, -0.25) is 0 Å². The summed E-state index contributed by atoms with van der Waals surface area (Å²) in [5.74, 6) is -0.815. The number of aliphatic hydroxyl groups is 4. The SMILES string of the molecule is OC[C@H]1O[C@]2(OCc3ccc(Cc4ccc(OC5CCOC5)cc4)cc32)[C@H](O)[C@@H](O)[C@@H]1O. The summed E-state index contributed by atoms with van der Waals surface area (Å²) in [4.78, 5) is 0. The Bertz CT molecular complexity index is 940. The number of fused-ring (bicyclic) bond motifs is 2. The summed E-state index contributed by atoms with van der Waals surface area (Å²) < 4.78 is 22.9. The largest absolute Gasteiger partial charge is 0.488 e. The lowest BCUT2D eigenvalue weighted by Crippen LogP contribution is -2.63. The molecule has 1 spiro atoms. The summed E-state index contributed by atoms with van der Waals surface area (Å²) in [6, 6.07) is 13.7. The van der Waals surface area contributed by atoms with Crippen molar-refractivity contribution in [1.82, 2.24) is 0 Å². The van der Waals surface area contributed by atoms with E-state index in [1.54, 1.807) is 0 Å². The topological polar surface area (TPSA) is 118 Å². The molecule has 2 aromatic carbocycles. The van der Waals surface area contributed by atoms with E-state index in [0.717, 1.165) is 35.5 Å². The van der Waals surface area contributed by atoms with Crippen molar-refractivity contribution in [3.63, 3.8) is 0 Å². The lowest BCUT2D eigenvalue weighted by molar-refractivity contribution is -0.368. The minimum absolute atomic E-state index is 0.104. The number of benzene rings is 2. The van der Waals surface area contributed by atoms with Crippen molar-refractivity contribution < 1.29 is 39.4 Å². The molecule has 172 valence electrons. The molecule has 2 aromatic rings. The molecule has 32 heavy (non-hydrogen) atoms.